The molecule has 1 aliphatic heterocycles. The molecular formula is C16H21ClFN3O. The largest absolute Gasteiger partial charge is 0.347 e. The summed E-state index contributed by atoms with van der Waals surface area (Å²) in [7, 11) is 0. The van der Waals surface area contributed by atoms with Crippen LogP contribution in [0, 0.1) is 0 Å². The van der Waals surface area contributed by atoms with E-state index in [1.165, 1.54) is 0 Å². The first-order chi connectivity index (χ1) is 10.2. The second-order valence-electron chi connectivity index (χ2n) is 5.57. The molecule has 1 aromatic carbocycles. The number of hydrogen-bond donors (Lipinski definition) is 2. The number of benzene rings is 1. The van der Waals surface area contributed by atoms with Crippen LogP contribution in [-0.2, 0) is 11.3 Å². The Morgan fingerprint density at radius 2 is 2.27 bits per heavy atom. The third kappa shape index (κ3) is 3.42. The van der Waals surface area contributed by atoms with Crippen LogP contribution < -0.4 is 10.6 Å². The van der Waals surface area contributed by atoms with Gasteiger partial charge in [0, 0.05) is 31.4 Å². The molecule has 1 aromatic heterocycles. The van der Waals surface area contributed by atoms with Gasteiger partial charge in [0.05, 0.1) is 11.6 Å². The molecule has 0 spiro atoms. The van der Waals surface area contributed by atoms with E-state index in [2.05, 4.69) is 34.4 Å². The van der Waals surface area contributed by atoms with E-state index in [9.17, 15) is 9.18 Å². The molecule has 0 aliphatic carbocycles. The number of amides is 1. The van der Waals surface area contributed by atoms with Crippen molar-refractivity contribution in [2.75, 3.05) is 11.9 Å². The number of aromatic nitrogens is 1. The molecule has 0 bridgehead atoms. The molecule has 2 aromatic rings. The van der Waals surface area contributed by atoms with Crippen molar-refractivity contribution < 1.29 is 9.18 Å². The number of fused-ring (bicyclic) bond motifs is 1. The van der Waals surface area contributed by atoms with Crippen molar-refractivity contribution in [2.24, 2.45) is 0 Å². The zero-order valence-corrected chi connectivity index (χ0v) is 13.3. The molecule has 1 aliphatic rings. The molecule has 0 saturated carbocycles. The summed E-state index contributed by atoms with van der Waals surface area (Å²) in [5.41, 5.74) is 1.87. The van der Waals surface area contributed by atoms with Crippen molar-refractivity contribution in [1.29, 1.82) is 0 Å². The minimum absolute atomic E-state index is 0. The van der Waals surface area contributed by atoms with Crippen LogP contribution in [0.4, 0.5) is 10.1 Å². The first-order valence-corrected chi connectivity index (χ1v) is 7.44. The normalized spacial score (nSPS) is 20.8. The molecule has 1 saturated heterocycles. The Hall–Kier alpha value is -1.59. The summed E-state index contributed by atoms with van der Waals surface area (Å²) >= 11 is 0. The number of halogens is 2. The lowest BCUT2D eigenvalue weighted by molar-refractivity contribution is -0.117. The summed E-state index contributed by atoms with van der Waals surface area (Å²) in [4.78, 5) is 12.1. The van der Waals surface area contributed by atoms with Crippen LogP contribution in [0.25, 0.3) is 10.9 Å². The number of aryl methyl sites for hydroxylation is 1. The highest BCUT2D eigenvalue weighted by Crippen LogP contribution is 2.21. The van der Waals surface area contributed by atoms with Crippen molar-refractivity contribution in [3.05, 3.63) is 30.5 Å². The van der Waals surface area contributed by atoms with E-state index < -0.39 is 12.2 Å². The van der Waals surface area contributed by atoms with Crippen LogP contribution >= 0.6 is 12.4 Å². The Morgan fingerprint density at radius 1 is 1.45 bits per heavy atom. The van der Waals surface area contributed by atoms with Gasteiger partial charge in [0.15, 0.2) is 0 Å². The fourth-order valence-electron chi connectivity index (χ4n) is 2.82. The highest BCUT2D eigenvalue weighted by Gasteiger charge is 2.29. The molecule has 2 N–H and O–H groups in total. The number of alkyl halides is 1. The number of nitrogens with zero attached hydrogens (tertiary/aromatic N) is 1. The maximum Gasteiger partial charge on any atom is 0.241 e. The number of carbonyl (C=O) groups excluding carboxylic acids is 1. The van der Waals surface area contributed by atoms with Gasteiger partial charge in [0.2, 0.25) is 5.91 Å². The first-order valence-electron chi connectivity index (χ1n) is 7.44. The quantitative estimate of drug-likeness (QED) is 0.907. The van der Waals surface area contributed by atoms with Gasteiger partial charge in [-0.05, 0) is 30.0 Å². The number of anilines is 1. The minimum Gasteiger partial charge on any atom is -0.347 e. The van der Waals surface area contributed by atoms with Crippen LogP contribution in [0.5, 0.6) is 0 Å². The van der Waals surface area contributed by atoms with Crippen LogP contribution in [-0.4, -0.2) is 29.2 Å². The Labute approximate surface area is 135 Å². The third-order valence-corrected chi connectivity index (χ3v) is 3.90. The van der Waals surface area contributed by atoms with Crippen LogP contribution in [0.2, 0.25) is 0 Å². The van der Waals surface area contributed by atoms with Crippen LogP contribution in [0.15, 0.2) is 30.5 Å². The maximum absolute atomic E-state index is 13.1. The molecule has 22 heavy (non-hydrogen) atoms. The van der Waals surface area contributed by atoms with Gasteiger partial charge in [-0.15, -0.1) is 12.4 Å². The fourth-order valence-corrected chi connectivity index (χ4v) is 2.82. The van der Waals surface area contributed by atoms with Crippen LogP contribution in [0.3, 0.4) is 0 Å². The van der Waals surface area contributed by atoms with Gasteiger partial charge in [-0.1, -0.05) is 13.0 Å². The van der Waals surface area contributed by atoms with E-state index in [-0.39, 0.29) is 31.3 Å². The molecule has 120 valence electrons. The summed E-state index contributed by atoms with van der Waals surface area (Å²) < 4.78 is 15.3. The lowest BCUT2D eigenvalue weighted by atomic mass is 10.2. The predicted octanol–water partition coefficient (Wildman–Crippen LogP) is 3.11. The maximum atomic E-state index is 13.1. The summed E-state index contributed by atoms with van der Waals surface area (Å²) in [5.74, 6) is -0.164. The molecule has 4 nitrogen and oxygen atoms in total. The number of rotatable bonds is 4. The number of hydrogen-bond acceptors (Lipinski definition) is 2. The third-order valence-electron chi connectivity index (χ3n) is 3.90. The highest BCUT2D eigenvalue weighted by atomic mass is 35.5. The van der Waals surface area contributed by atoms with Gasteiger partial charge >= 0.3 is 0 Å². The van der Waals surface area contributed by atoms with Crippen molar-refractivity contribution >= 4 is 34.9 Å². The topological polar surface area (TPSA) is 46.1 Å². The fraction of sp³-hybridized carbons (Fsp3) is 0.438. The van der Waals surface area contributed by atoms with E-state index in [4.69, 9.17) is 0 Å². The lowest BCUT2D eigenvalue weighted by Crippen LogP contribution is -2.35. The van der Waals surface area contributed by atoms with Crippen molar-refractivity contribution in [3.63, 3.8) is 0 Å². The van der Waals surface area contributed by atoms with Gasteiger partial charge in [-0.2, -0.15) is 0 Å². The average molecular weight is 326 g/mol. The molecule has 6 heteroatoms. The highest BCUT2D eigenvalue weighted by molar-refractivity contribution is 5.97. The van der Waals surface area contributed by atoms with E-state index in [1.807, 2.05) is 18.2 Å². The van der Waals surface area contributed by atoms with E-state index in [0.29, 0.717) is 0 Å². The Kier molecular flexibility index (Phi) is 5.42. The van der Waals surface area contributed by atoms with Crippen molar-refractivity contribution in [2.45, 2.75) is 38.5 Å². The molecule has 1 amide bonds. The minimum atomic E-state index is -0.926. The molecule has 0 unspecified atom stereocenters. The second-order valence-corrected chi connectivity index (χ2v) is 5.57. The Balaban J connectivity index is 0.00000176. The Bertz CT molecular complexity index is 658. The standard InChI is InChI=1S/C16H20FN3O.ClH/c1-2-6-20-7-5-11-3-4-13(9-15(11)20)19-16(21)14-8-12(17)10-18-14;/h3-5,7,9,12,14,18H,2,6,8,10H2,1H3,(H,19,21);1H/t12-,14+;/m0./s1. The van der Waals surface area contributed by atoms with Gasteiger partial charge < -0.3 is 15.2 Å². The summed E-state index contributed by atoms with van der Waals surface area (Å²) in [5, 5.41) is 6.93. The van der Waals surface area contributed by atoms with E-state index >= 15 is 0 Å². The summed E-state index contributed by atoms with van der Waals surface area (Å²) in [6.45, 7) is 3.35. The first kappa shape index (κ1) is 16.8. The number of carbonyl (C=O) groups is 1. The monoisotopic (exact) mass is 325 g/mol. The zero-order valence-electron chi connectivity index (χ0n) is 12.5. The molecular weight excluding hydrogens is 305 g/mol. The summed E-state index contributed by atoms with van der Waals surface area (Å²) in [6.07, 6.45) is 2.45. The lowest BCUT2D eigenvalue weighted by Gasteiger charge is -2.11. The van der Waals surface area contributed by atoms with Gasteiger partial charge in [-0.3, -0.25) is 4.79 Å². The molecule has 1 fully saturated rings. The number of nitrogens with one attached hydrogen (secondary N) is 2. The zero-order chi connectivity index (χ0) is 14.8. The molecule has 3 rings (SSSR count). The van der Waals surface area contributed by atoms with Crippen LogP contribution in [0.1, 0.15) is 19.8 Å². The van der Waals surface area contributed by atoms with E-state index in [0.717, 1.165) is 29.6 Å². The molecule has 0 radical (unpaired) electrons. The van der Waals surface area contributed by atoms with Gasteiger partial charge in [-0.25, -0.2) is 4.39 Å². The summed E-state index contributed by atoms with van der Waals surface area (Å²) in [6, 6.07) is 7.50. The predicted molar refractivity (Wildman–Crippen MR) is 89.4 cm³/mol. The molecule has 2 atom stereocenters. The second kappa shape index (κ2) is 7.11. The van der Waals surface area contributed by atoms with E-state index in [1.54, 1.807) is 0 Å². The SMILES string of the molecule is CCCn1ccc2ccc(NC(=O)[C@H]3C[C@H](F)CN3)cc21.Cl. The van der Waals surface area contributed by atoms with Gasteiger partial charge in [0.25, 0.3) is 0 Å². The van der Waals surface area contributed by atoms with Crippen molar-refractivity contribution in [3.8, 4) is 0 Å². The smallest absolute Gasteiger partial charge is 0.241 e. The molecule has 2 heterocycles. The Morgan fingerprint density at radius 3 is 2.95 bits per heavy atom. The average Bonchev–Trinajstić information content (AvgIpc) is 3.06. The van der Waals surface area contributed by atoms with Crippen molar-refractivity contribution in [1.82, 2.24) is 9.88 Å². The van der Waals surface area contributed by atoms with Gasteiger partial charge in [0.1, 0.15) is 6.17 Å².